The zero-order chi connectivity index (χ0) is 16.5. The van der Waals surface area contributed by atoms with Gasteiger partial charge in [-0.2, -0.15) is 0 Å². The van der Waals surface area contributed by atoms with Gasteiger partial charge in [0, 0.05) is 25.7 Å². The van der Waals surface area contributed by atoms with Crippen LogP contribution in [0, 0.1) is 5.92 Å². The van der Waals surface area contributed by atoms with Crippen molar-refractivity contribution in [2.75, 3.05) is 26.7 Å². The summed E-state index contributed by atoms with van der Waals surface area (Å²) in [6.07, 6.45) is 4.47. The van der Waals surface area contributed by atoms with Crippen LogP contribution in [0.25, 0.3) is 0 Å². The molecule has 1 heterocycles. The molecule has 2 fully saturated rings. The number of carbonyl (C=O) groups excluding carboxylic acids is 1. The Bertz CT molecular complexity index is 398. The summed E-state index contributed by atoms with van der Waals surface area (Å²) < 4.78 is 6.35. The lowest BCUT2D eigenvalue weighted by Crippen LogP contribution is -2.64. The Morgan fingerprint density at radius 1 is 1.32 bits per heavy atom. The second-order valence-corrected chi connectivity index (χ2v) is 8.18. The molecule has 0 aromatic heterocycles. The molecule has 0 aromatic rings. The highest BCUT2D eigenvalue weighted by molar-refractivity contribution is 5.85. The molecule has 2 aliphatic rings. The van der Waals surface area contributed by atoms with Crippen molar-refractivity contribution in [2.24, 2.45) is 5.92 Å². The summed E-state index contributed by atoms with van der Waals surface area (Å²) in [7, 11) is 2.25. The van der Waals surface area contributed by atoms with E-state index in [1.807, 2.05) is 18.7 Å². The number of hydrogen-bond donors (Lipinski definition) is 0. The fourth-order valence-corrected chi connectivity index (χ4v) is 4.23. The van der Waals surface area contributed by atoms with Gasteiger partial charge in [-0.25, -0.2) is 0 Å². The molecule has 1 aliphatic heterocycles. The van der Waals surface area contributed by atoms with E-state index in [4.69, 9.17) is 4.74 Å². The summed E-state index contributed by atoms with van der Waals surface area (Å²) in [5.74, 6) is 0.846. The molecule has 0 N–H and O–H groups in total. The molecular formula is C18H34N2O2. The smallest absolute Gasteiger partial charge is 0.254 e. The lowest BCUT2D eigenvalue weighted by molar-refractivity contribution is -0.215. The maximum absolute atomic E-state index is 12.4. The maximum atomic E-state index is 12.4. The first-order chi connectivity index (χ1) is 10.2. The van der Waals surface area contributed by atoms with Crippen LogP contribution in [0.5, 0.6) is 0 Å². The third kappa shape index (κ3) is 3.65. The van der Waals surface area contributed by atoms with E-state index in [1.165, 1.54) is 12.8 Å². The fourth-order valence-electron chi connectivity index (χ4n) is 4.23. The van der Waals surface area contributed by atoms with Crippen LogP contribution >= 0.6 is 0 Å². The zero-order valence-electron chi connectivity index (χ0n) is 15.3. The average Bonchev–Trinajstić information content (AvgIpc) is 2.42. The minimum atomic E-state index is -0.676. The molecule has 0 bridgehead atoms. The van der Waals surface area contributed by atoms with Crippen LogP contribution in [0.4, 0.5) is 0 Å². The van der Waals surface area contributed by atoms with Crippen molar-refractivity contribution in [3.8, 4) is 0 Å². The second-order valence-electron chi connectivity index (χ2n) is 8.18. The van der Waals surface area contributed by atoms with Gasteiger partial charge in [-0.3, -0.25) is 4.79 Å². The quantitative estimate of drug-likeness (QED) is 0.800. The van der Waals surface area contributed by atoms with Crippen LogP contribution in [-0.4, -0.2) is 59.6 Å². The minimum Gasteiger partial charge on any atom is -0.357 e. The third-order valence-corrected chi connectivity index (χ3v) is 5.28. The standard InChI is InChI=1S/C18H34N2O2/c1-7-20-13-18(22-17(4,5)16(20)21)10-8-15(9-11-18)19(6)12-14(2)3/h14-15H,7-13H2,1-6H3. The minimum absolute atomic E-state index is 0.122. The van der Waals surface area contributed by atoms with E-state index < -0.39 is 5.60 Å². The van der Waals surface area contributed by atoms with Crippen molar-refractivity contribution in [3.05, 3.63) is 0 Å². The van der Waals surface area contributed by atoms with Gasteiger partial charge in [-0.15, -0.1) is 0 Å². The number of ether oxygens (including phenoxy) is 1. The summed E-state index contributed by atoms with van der Waals surface area (Å²) in [4.78, 5) is 16.9. The highest BCUT2D eigenvalue weighted by Gasteiger charge is 2.50. The molecule has 0 atom stereocenters. The van der Waals surface area contributed by atoms with E-state index in [9.17, 15) is 4.79 Å². The molecule has 1 spiro atoms. The molecule has 1 saturated carbocycles. The molecule has 22 heavy (non-hydrogen) atoms. The van der Waals surface area contributed by atoms with Crippen LogP contribution in [-0.2, 0) is 9.53 Å². The van der Waals surface area contributed by atoms with E-state index in [2.05, 4.69) is 32.7 Å². The first-order valence-electron chi connectivity index (χ1n) is 8.89. The van der Waals surface area contributed by atoms with Crippen LogP contribution in [0.3, 0.4) is 0 Å². The van der Waals surface area contributed by atoms with Crippen molar-refractivity contribution in [2.45, 2.75) is 77.5 Å². The van der Waals surface area contributed by atoms with E-state index in [-0.39, 0.29) is 11.5 Å². The van der Waals surface area contributed by atoms with Crippen LogP contribution in [0.1, 0.15) is 60.3 Å². The number of nitrogens with zero attached hydrogens (tertiary/aromatic N) is 2. The molecule has 0 unspecified atom stereocenters. The highest BCUT2D eigenvalue weighted by Crippen LogP contribution is 2.40. The van der Waals surface area contributed by atoms with Gasteiger partial charge in [0.1, 0.15) is 5.60 Å². The number of morpholine rings is 1. The Kier molecular flexibility index (Phi) is 5.23. The second kappa shape index (κ2) is 6.48. The topological polar surface area (TPSA) is 32.8 Å². The summed E-state index contributed by atoms with van der Waals surface area (Å²) >= 11 is 0. The number of rotatable bonds is 4. The van der Waals surface area contributed by atoms with Crippen molar-refractivity contribution in [1.82, 2.24) is 9.80 Å². The molecule has 1 aliphatic carbocycles. The molecular weight excluding hydrogens is 276 g/mol. The van der Waals surface area contributed by atoms with Crippen molar-refractivity contribution < 1.29 is 9.53 Å². The van der Waals surface area contributed by atoms with Crippen LogP contribution in [0.2, 0.25) is 0 Å². The van der Waals surface area contributed by atoms with Crippen molar-refractivity contribution >= 4 is 5.91 Å². The van der Waals surface area contributed by atoms with Gasteiger partial charge in [0.15, 0.2) is 0 Å². The summed E-state index contributed by atoms with van der Waals surface area (Å²) in [5.41, 5.74) is -0.798. The summed E-state index contributed by atoms with van der Waals surface area (Å²) in [6, 6.07) is 0.660. The molecule has 4 nitrogen and oxygen atoms in total. The Balaban J connectivity index is 2.01. The van der Waals surface area contributed by atoms with Crippen molar-refractivity contribution in [3.63, 3.8) is 0 Å². The van der Waals surface area contributed by atoms with Gasteiger partial charge < -0.3 is 14.5 Å². The first kappa shape index (κ1) is 17.7. The zero-order valence-corrected chi connectivity index (χ0v) is 15.3. The number of likely N-dealkylation sites (N-methyl/N-ethyl adjacent to an activating group) is 1. The Morgan fingerprint density at radius 3 is 2.41 bits per heavy atom. The third-order valence-electron chi connectivity index (χ3n) is 5.28. The molecule has 0 radical (unpaired) electrons. The Morgan fingerprint density at radius 2 is 1.91 bits per heavy atom. The number of hydrogen-bond acceptors (Lipinski definition) is 3. The Labute approximate surface area is 136 Å². The van der Waals surface area contributed by atoms with E-state index in [0.717, 1.165) is 32.5 Å². The van der Waals surface area contributed by atoms with E-state index in [1.54, 1.807) is 0 Å². The first-order valence-corrected chi connectivity index (χ1v) is 8.89. The van der Waals surface area contributed by atoms with Crippen LogP contribution < -0.4 is 0 Å². The van der Waals surface area contributed by atoms with E-state index in [0.29, 0.717) is 12.0 Å². The number of amides is 1. The van der Waals surface area contributed by atoms with Crippen molar-refractivity contribution in [1.29, 1.82) is 0 Å². The summed E-state index contributed by atoms with van der Waals surface area (Å²) in [6.45, 7) is 13.2. The molecule has 4 heteroatoms. The molecule has 128 valence electrons. The molecule has 1 saturated heterocycles. The van der Waals surface area contributed by atoms with Gasteiger partial charge in [-0.05, 0) is 59.4 Å². The van der Waals surface area contributed by atoms with E-state index >= 15 is 0 Å². The highest BCUT2D eigenvalue weighted by atomic mass is 16.5. The lowest BCUT2D eigenvalue weighted by Gasteiger charge is -2.52. The molecule has 1 amide bonds. The van der Waals surface area contributed by atoms with Crippen LogP contribution in [0.15, 0.2) is 0 Å². The fraction of sp³-hybridized carbons (Fsp3) is 0.944. The Hall–Kier alpha value is -0.610. The average molecular weight is 310 g/mol. The van der Waals surface area contributed by atoms with Gasteiger partial charge >= 0.3 is 0 Å². The van der Waals surface area contributed by atoms with Gasteiger partial charge in [-0.1, -0.05) is 13.8 Å². The molecule has 0 aromatic carbocycles. The number of carbonyl (C=O) groups is 1. The van der Waals surface area contributed by atoms with Gasteiger partial charge in [0.2, 0.25) is 0 Å². The lowest BCUT2D eigenvalue weighted by atomic mass is 9.79. The summed E-state index contributed by atoms with van der Waals surface area (Å²) in [5, 5.41) is 0. The monoisotopic (exact) mass is 310 g/mol. The van der Waals surface area contributed by atoms with Gasteiger partial charge in [0.05, 0.1) is 5.60 Å². The largest absolute Gasteiger partial charge is 0.357 e. The normalized spacial score (nSPS) is 32.3. The van der Waals surface area contributed by atoms with Gasteiger partial charge in [0.25, 0.3) is 5.91 Å². The predicted molar refractivity (Wildman–Crippen MR) is 89.9 cm³/mol. The molecule has 2 rings (SSSR count). The predicted octanol–water partition coefficient (Wildman–Crippen LogP) is 2.91. The maximum Gasteiger partial charge on any atom is 0.254 e. The SMILES string of the molecule is CCN1CC2(CCC(N(C)CC(C)C)CC2)OC(C)(C)C1=O.